The predicted octanol–water partition coefficient (Wildman–Crippen LogP) is 4.08. The van der Waals surface area contributed by atoms with Gasteiger partial charge in [-0.1, -0.05) is 42.5 Å². The van der Waals surface area contributed by atoms with Crippen LogP contribution in [0.3, 0.4) is 0 Å². The van der Waals surface area contributed by atoms with E-state index in [-0.39, 0.29) is 5.91 Å². The number of thiazole rings is 1. The van der Waals surface area contributed by atoms with E-state index in [0.717, 1.165) is 29.7 Å². The first-order valence-corrected chi connectivity index (χ1v) is 11.7. The van der Waals surface area contributed by atoms with Gasteiger partial charge in [0.15, 0.2) is 5.13 Å². The highest BCUT2D eigenvalue weighted by Crippen LogP contribution is 2.28. The molecule has 4 rings (SSSR count). The number of nitrogens with zero attached hydrogens (tertiary/aromatic N) is 3. The summed E-state index contributed by atoms with van der Waals surface area (Å²) in [5.74, 6) is 0.802. The maximum absolute atomic E-state index is 12.5. The molecule has 1 N–H and O–H groups in total. The van der Waals surface area contributed by atoms with Crippen LogP contribution in [0.4, 0.5) is 5.13 Å². The van der Waals surface area contributed by atoms with E-state index in [1.165, 1.54) is 55.7 Å². The van der Waals surface area contributed by atoms with Crippen molar-refractivity contribution < 1.29 is 4.79 Å². The highest BCUT2D eigenvalue weighted by molar-refractivity contribution is 7.17. The lowest BCUT2D eigenvalue weighted by molar-refractivity contribution is 0.0954. The Morgan fingerprint density at radius 2 is 2.00 bits per heavy atom. The molecule has 2 fully saturated rings. The molecule has 2 saturated heterocycles. The van der Waals surface area contributed by atoms with Crippen molar-refractivity contribution >= 4 is 22.4 Å². The van der Waals surface area contributed by atoms with Crippen molar-refractivity contribution in [2.75, 3.05) is 31.1 Å². The zero-order valence-corrected chi connectivity index (χ0v) is 18.4. The van der Waals surface area contributed by atoms with E-state index in [9.17, 15) is 4.79 Å². The van der Waals surface area contributed by atoms with Gasteiger partial charge in [-0.3, -0.25) is 9.69 Å². The van der Waals surface area contributed by atoms with Crippen molar-refractivity contribution in [1.29, 1.82) is 0 Å². The summed E-state index contributed by atoms with van der Waals surface area (Å²) in [5.41, 5.74) is 2.35. The molecule has 0 unspecified atom stereocenters. The summed E-state index contributed by atoms with van der Waals surface area (Å²) in [6, 6.07) is 8.87. The summed E-state index contributed by atoms with van der Waals surface area (Å²) in [6.07, 6.45) is 6.84. The van der Waals surface area contributed by atoms with Crippen LogP contribution >= 0.6 is 11.3 Å². The summed E-state index contributed by atoms with van der Waals surface area (Å²) in [4.78, 5) is 22.9. The van der Waals surface area contributed by atoms with Crippen molar-refractivity contribution in [3.05, 3.63) is 46.5 Å². The number of anilines is 1. The fourth-order valence-electron chi connectivity index (χ4n) is 4.57. The van der Waals surface area contributed by atoms with E-state index in [1.807, 2.05) is 12.1 Å². The molecule has 0 aliphatic carbocycles. The SMILES string of the molecule is Cc1ccccc1CNC(=O)c1cnc(N2CCC(N3CCC[C@@H](C)C3)CC2)s1. The Morgan fingerprint density at radius 1 is 1.21 bits per heavy atom. The topological polar surface area (TPSA) is 48.5 Å². The molecular formula is C23H32N4OS. The number of carbonyl (C=O) groups is 1. The number of hydrogen-bond acceptors (Lipinski definition) is 5. The fourth-order valence-corrected chi connectivity index (χ4v) is 5.45. The van der Waals surface area contributed by atoms with Gasteiger partial charge in [0.05, 0.1) is 6.20 Å². The second-order valence-corrected chi connectivity index (χ2v) is 9.59. The minimum absolute atomic E-state index is 0.0332. The van der Waals surface area contributed by atoms with Crippen molar-refractivity contribution in [2.45, 2.75) is 52.1 Å². The summed E-state index contributed by atoms with van der Waals surface area (Å²) in [7, 11) is 0. The Morgan fingerprint density at radius 3 is 2.76 bits per heavy atom. The number of nitrogens with one attached hydrogen (secondary N) is 1. The van der Waals surface area contributed by atoms with E-state index in [4.69, 9.17) is 0 Å². The molecule has 2 aromatic rings. The molecule has 156 valence electrons. The summed E-state index contributed by atoms with van der Waals surface area (Å²) < 4.78 is 0. The minimum Gasteiger partial charge on any atom is -0.348 e. The van der Waals surface area contributed by atoms with Crippen molar-refractivity contribution in [2.24, 2.45) is 5.92 Å². The van der Waals surface area contributed by atoms with Crippen LogP contribution < -0.4 is 10.2 Å². The number of hydrogen-bond donors (Lipinski definition) is 1. The molecule has 1 aromatic heterocycles. The standard InChI is InChI=1S/C23H32N4OS/c1-17-6-5-11-27(16-17)20-9-12-26(13-10-20)23-25-15-21(29-23)22(28)24-14-19-8-4-3-7-18(19)2/h3-4,7-8,15,17,20H,5-6,9-14,16H2,1-2H3,(H,24,28)/t17-/m1/s1. The Labute approximate surface area is 178 Å². The summed E-state index contributed by atoms with van der Waals surface area (Å²) in [5, 5.41) is 4.02. The van der Waals surface area contributed by atoms with Crippen LogP contribution in [0.1, 0.15) is 53.4 Å². The van der Waals surface area contributed by atoms with E-state index in [2.05, 4.69) is 46.1 Å². The maximum atomic E-state index is 12.5. The molecule has 0 radical (unpaired) electrons. The number of rotatable bonds is 5. The molecule has 3 heterocycles. The number of aryl methyl sites for hydroxylation is 1. The number of likely N-dealkylation sites (tertiary alicyclic amines) is 1. The average Bonchev–Trinajstić information content (AvgIpc) is 3.23. The first kappa shape index (κ1) is 20.4. The zero-order valence-electron chi connectivity index (χ0n) is 17.6. The van der Waals surface area contributed by atoms with Gasteiger partial charge in [-0.15, -0.1) is 0 Å². The monoisotopic (exact) mass is 412 g/mol. The van der Waals surface area contributed by atoms with Crippen LogP contribution in [-0.2, 0) is 6.54 Å². The molecule has 1 amide bonds. The molecular weight excluding hydrogens is 380 g/mol. The highest BCUT2D eigenvalue weighted by atomic mass is 32.1. The van der Waals surface area contributed by atoms with Gasteiger partial charge in [0, 0.05) is 32.2 Å². The van der Waals surface area contributed by atoms with Crippen molar-refractivity contribution in [3.63, 3.8) is 0 Å². The Bertz CT molecular complexity index is 828. The molecule has 1 atom stereocenters. The van der Waals surface area contributed by atoms with Crippen LogP contribution in [0.15, 0.2) is 30.5 Å². The summed E-state index contributed by atoms with van der Waals surface area (Å²) in [6.45, 7) is 9.59. The van der Waals surface area contributed by atoms with E-state index in [1.54, 1.807) is 6.20 Å². The predicted molar refractivity (Wildman–Crippen MR) is 120 cm³/mol. The van der Waals surface area contributed by atoms with E-state index < -0.39 is 0 Å². The molecule has 0 bridgehead atoms. The van der Waals surface area contributed by atoms with Gasteiger partial charge in [-0.05, 0) is 56.2 Å². The minimum atomic E-state index is -0.0332. The van der Waals surface area contributed by atoms with Crippen LogP contribution in [0.2, 0.25) is 0 Å². The van der Waals surface area contributed by atoms with E-state index >= 15 is 0 Å². The maximum Gasteiger partial charge on any atom is 0.263 e. The Hall–Kier alpha value is -1.92. The average molecular weight is 413 g/mol. The number of benzene rings is 1. The van der Waals surface area contributed by atoms with Gasteiger partial charge < -0.3 is 10.2 Å². The first-order valence-electron chi connectivity index (χ1n) is 10.9. The number of aromatic nitrogens is 1. The van der Waals surface area contributed by atoms with Crippen molar-refractivity contribution in [1.82, 2.24) is 15.2 Å². The lowest BCUT2D eigenvalue weighted by Crippen LogP contribution is -2.48. The van der Waals surface area contributed by atoms with Crippen LogP contribution in [0.5, 0.6) is 0 Å². The molecule has 6 heteroatoms. The molecule has 0 spiro atoms. The second-order valence-electron chi connectivity index (χ2n) is 8.58. The quantitative estimate of drug-likeness (QED) is 0.804. The van der Waals surface area contributed by atoms with Gasteiger partial charge in [0.25, 0.3) is 5.91 Å². The third-order valence-electron chi connectivity index (χ3n) is 6.36. The first-order chi connectivity index (χ1) is 14.1. The van der Waals surface area contributed by atoms with Gasteiger partial charge in [0.1, 0.15) is 4.88 Å². The zero-order chi connectivity index (χ0) is 20.2. The third kappa shape index (κ3) is 4.98. The van der Waals surface area contributed by atoms with Crippen LogP contribution in [-0.4, -0.2) is 48.0 Å². The van der Waals surface area contributed by atoms with Crippen LogP contribution in [0, 0.1) is 12.8 Å². The largest absolute Gasteiger partial charge is 0.348 e. The molecule has 5 nitrogen and oxygen atoms in total. The van der Waals surface area contributed by atoms with Gasteiger partial charge in [-0.2, -0.15) is 0 Å². The van der Waals surface area contributed by atoms with Gasteiger partial charge >= 0.3 is 0 Å². The third-order valence-corrected chi connectivity index (χ3v) is 7.41. The Kier molecular flexibility index (Phi) is 6.50. The molecule has 1 aromatic carbocycles. The smallest absolute Gasteiger partial charge is 0.263 e. The lowest BCUT2D eigenvalue weighted by Gasteiger charge is -2.41. The van der Waals surface area contributed by atoms with Crippen molar-refractivity contribution in [3.8, 4) is 0 Å². The molecule has 2 aliphatic heterocycles. The molecule has 29 heavy (non-hydrogen) atoms. The highest BCUT2D eigenvalue weighted by Gasteiger charge is 2.28. The van der Waals surface area contributed by atoms with Crippen LogP contribution in [0.25, 0.3) is 0 Å². The summed E-state index contributed by atoms with van der Waals surface area (Å²) >= 11 is 1.51. The van der Waals surface area contributed by atoms with E-state index in [0.29, 0.717) is 17.5 Å². The second kappa shape index (κ2) is 9.26. The fraction of sp³-hybridized carbons (Fsp3) is 0.565. The Balaban J connectivity index is 1.29. The molecule has 0 saturated carbocycles. The number of amides is 1. The van der Waals surface area contributed by atoms with Gasteiger partial charge in [-0.25, -0.2) is 4.98 Å². The molecule has 2 aliphatic rings. The number of piperidine rings is 2. The van der Waals surface area contributed by atoms with Gasteiger partial charge in [0.2, 0.25) is 0 Å². The normalized spacial score (nSPS) is 21.3. The lowest BCUT2D eigenvalue weighted by atomic mass is 9.95. The number of carbonyl (C=O) groups excluding carboxylic acids is 1.